The molecule has 0 spiro atoms. The molecule has 0 aliphatic heterocycles. The van der Waals surface area contributed by atoms with E-state index in [2.05, 4.69) is 48.6 Å². The average Bonchev–Trinajstić information content (AvgIpc) is 2.01. The third-order valence-corrected chi connectivity index (χ3v) is 1.32. The zero-order valence-electron chi connectivity index (χ0n) is 6.03. The lowest BCUT2D eigenvalue weighted by Gasteiger charge is -1.84. The second-order valence-corrected chi connectivity index (χ2v) is 2.18. The zero-order valence-corrected chi connectivity index (χ0v) is 6.03. The zero-order chi connectivity index (χ0) is 7.07. The lowest BCUT2D eigenvalue weighted by atomic mass is 10.2. The molecule has 0 bridgehead atoms. The molecule has 0 radical (unpaired) electrons. The Morgan fingerprint density at radius 3 is 1.50 bits per heavy atom. The lowest BCUT2D eigenvalue weighted by molar-refractivity contribution is 1.31. The SMILES string of the molecule is C1=CC/C=C/C=C\C=C/C1. The molecule has 52 valence electrons. The van der Waals surface area contributed by atoms with Gasteiger partial charge in [-0.25, -0.2) is 0 Å². The Kier molecular flexibility index (Phi) is 3.40. The van der Waals surface area contributed by atoms with Gasteiger partial charge in [0.25, 0.3) is 0 Å². The van der Waals surface area contributed by atoms with Crippen LogP contribution < -0.4 is 0 Å². The summed E-state index contributed by atoms with van der Waals surface area (Å²) in [5, 5.41) is 0. The van der Waals surface area contributed by atoms with E-state index >= 15 is 0 Å². The summed E-state index contributed by atoms with van der Waals surface area (Å²) in [5.41, 5.74) is 0. The Morgan fingerprint density at radius 1 is 0.500 bits per heavy atom. The number of hydrogen-bond acceptors (Lipinski definition) is 0. The fourth-order valence-electron chi connectivity index (χ4n) is 0.792. The van der Waals surface area contributed by atoms with E-state index in [9.17, 15) is 0 Å². The third kappa shape index (κ3) is 3.08. The molecule has 0 unspecified atom stereocenters. The maximum Gasteiger partial charge on any atom is -0.0166 e. The van der Waals surface area contributed by atoms with Crippen LogP contribution in [0.4, 0.5) is 0 Å². The molecule has 0 aromatic rings. The van der Waals surface area contributed by atoms with Crippen molar-refractivity contribution in [3.63, 3.8) is 0 Å². The first kappa shape index (κ1) is 7.07. The van der Waals surface area contributed by atoms with Gasteiger partial charge in [0.2, 0.25) is 0 Å². The Hall–Kier alpha value is -1.04. The van der Waals surface area contributed by atoms with Crippen LogP contribution in [0.15, 0.2) is 48.6 Å². The van der Waals surface area contributed by atoms with Crippen LogP contribution >= 0.6 is 0 Å². The molecule has 0 aromatic carbocycles. The molecule has 0 fully saturated rings. The Morgan fingerprint density at radius 2 is 1.00 bits per heavy atom. The summed E-state index contributed by atoms with van der Waals surface area (Å²) in [4.78, 5) is 0. The molecule has 0 atom stereocenters. The van der Waals surface area contributed by atoms with E-state index in [1.54, 1.807) is 0 Å². The van der Waals surface area contributed by atoms with E-state index in [4.69, 9.17) is 0 Å². The maximum atomic E-state index is 2.18. The van der Waals surface area contributed by atoms with Gasteiger partial charge < -0.3 is 0 Å². The monoisotopic (exact) mass is 132 g/mol. The third-order valence-electron chi connectivity index (χ3n) is 1.32. The predicted molar refractivity (Wildman–Crippen MR) is 45.8 cm³/mol. The number of allylic oxidation sites excluding steroid dienone is 8. The minimum Gasteiger partial charge on any atom is -0.0844 e. The van der Waals surface area contributed by atoms with Crippen LogP contribution in [-0.2, 0) is 0 Å². The second kappa shape index (κ2) is 4.80. The molecule has 0 aromatic heterocycles. The van der Waals surface area contributed by atoms with E-state index < -0.39 is 0 Å². The van der Waals surface area contributed by atoms with Gasteiger partial charge in [-0.1, -0.05) is 48.6 Å². The van der Waals surface area contributed by atoms with Gasteiger partial charge in [0.15, 0.2) is 0 Å². The lowest BCUT2D eigenvalue weighted by Crippen LogP contribution is -1.62. The van der Waals surface area contributed by atoms with Gasteiger partial charge in [0.05, 0.1) is 0 Å². The molecular formula is C10H12. The van der Waals surface area contributed by atoms with Gasteiger partial charge >= 0.3 is 0 Å². The van der Waals surface area contributed by atoms with Crippen LogP contribution in [0.5, 0.6) is 0 Å². The van der Waals surface area contributed by atoms with Crippen molar-refractivity contribution in [1.29, 1.82) is 0 Å². The van der Waals surface area contributed by atoms with E-state index in [0.717, 1.165) is 12.8 Å². The van der Waals surface area contributed by atoms with E-state index in [0.29, 0.717) is 0 Å². The highest BCUT2D eigenvalue weighted by Gasteiger charge is 1.73. The quantitative estimate of drug-likeness (QED) is 0.444. The molecule has 0 amide bonds. The molecular weight excluding hydrogens is 120 g/mol. The van der Waals surface area contributed by atoms with Crippen LogP contribution in [0, 0.1) is 0 Å². The Labute approximate surface area is 62.3 Å². The van der Waals surface area contributed by atoms with E-state index in [1.807, 2.05) is 0 Å². The highest BCUT2D eigenvalue weighted by atomic mass is 13.8. The normalized spacial score (nSPS) is 27.2. The van der Waals surface area contributed by atoms with Gasteiger partial charge in [-0.3, -0.25) is 0 Å². The van der Waals surface area contributed by atoms with E-state index in [1.165, 1.54) is 0 Å². The second-order valence-electron chi connectivity index (χ2n) is 2.18. The summed E-state index contributed by atoms with van der Waals surface area (Å²) in [5.74, 6) is 0. The highest BCUT2D eigenvalue weighted by molar-refractivity contribution is 5.14. The van der Waals surface area contributed by atoms with Crippen molar-refractivity contribution in [2.75, 3.05) is 0 Å². The molecule has 0 saturated heterocycles. The summed E-state index contributed by atoms with van der Waals surface area (Å²) < 4.78 is 0. The summed E-state index contributed by atoms with van der Waals surface area (Å²) in [6, 6.07) is 0. The summed E-state index contributed by atoms with van der Waals surface area (Å²) >= 11 is 0. The first-order valence-electron chi connectivity index (χ1n) is 3.63. The van der Waals surface area contributed by atoms with Crippen molar-refractivity contribution in [2.45, 2.75) is 12.8 Å². The first-order chi connectivity index (χ1) is 5.00. The Bertz CT molecular complexity index is 160. The van der Waals surface area contributed by atoms with Crippen LogP contribution in [0.25, 0.3) is 0 Å². The van der Waals surface area contributed by atoms with Crippen molar-refractivity contribution < 1.29 is 0 Å². The molecule has 1 aliphatic rings. The first-order valence-corrected chi connectivity index (χ1v) is 3.63. The van der Waals surface area contributed by atoms with Crippen molar-refractivity contribution in [2.24, 2.45) is 0 Å². The van der Waals surface area contributed by atoms with Gasteiger partial charge in [-0.15, -0.1) is 0 Å². The van der Waals surface area contributed by atoms with Crippen LogP contribution in [-0.4, -0.2) is 0 Å². The minimum atomic E-state index is 1.05. The average molecular weight is 132 g/mol. The van der Waals surface area contributed by atoms with Crippen LogP contribution in [0.2, 0.25) is 0 Å². The maximum absolute atomic E-state index is 2.18. The predicted octanol–water partition coefficient (Wildman–Crippen LogP) is 3.01. The van der Waals surface area contributed by atoms with Crippen molar-refractivity contribution >= 4 is 0 Å². The van der Waals surface area contributed by atoms with Crippen molar-refractivity contribution in [3.8, 4) is 0 Å². The fraction of sp³-hybridized carbons (Fsp3) is 0.200. The van der Waals surface area contributed by atoms with Gasteiger partial charge in [0.1, 0.15) is 0 Å². The van der Waals surface area contributed by atoms with Gasteiger partial charge in [-0.2, -0.15) is 0 Å². The molecule has 0 saturated carbocycles. The molecule has 1 rings (SSSR count). The van der Waals surface area contributed by atoms with Crippen molar-refractivity contribution in [3.05, 3.63) is 48.6 Å². The summed E-state index contributed by atoms with van der Waals surface area (Å²) in [6.45, 7) is 0. The molecule has 1 aliphatic carbocycles. The Balaban J connectivity index is 2.51. The number of rotatable bonds is 0. The van der Waals surface area contributed by atoms with Crippen molar-refractivity contribution in [1.82, 2.24) is 0 Å². The van der Waals surface area contributed by atoms with Gasteiger partial charge in [-0.05, 0) is 12.8 Å². The molecule has 0 N–H and O–H groups in total. The highest BCUT2D eigenvalue weighted by Crippen LogP contribution is 1.94. The summed E-state index contributed by atoms with van der Waals surface area (Å²) in [7, 11) is 0. The minimum absolute atomic E-state index is 1.05. The summed E-state index contributed by atoms with van der Waals surface area (Å²) in [6.07, 6.45) is 19.0. The largest absolute Gasteiger partial charge is 0.0844 e. The van der Waals surface area contributed by atoms with Crippen LogP contribution in [0.3, 0.4) is 0 Å². The molecule has 0 nitrogen and oxygen atoms in total. The fourth-order valence-corrected chi connectivity index (χ4v) is 0.792. The van der Waals surface area contributed by atoms with E-state index in [-0.39, 0.29) is 0 Å². The van der Waals surface area contributed by atoms with Crippen LogP contribution in [0.1, 0.15) is 12.8 Å². The number of hydrogen-bond donors (Lipinski definition) is 0. The van der Waals surface area contributed by atoms with Gasteiger partial charge in [0, 0.05) is 0 Å². The molecule has 10 heavy (non-hydrogen) atoms. The smallest absolute Gasteiger partial charge is 0.0166 e. The standard InChI is InChI=1S/C10H12/c1-2-4-6-8-10-9-7-5-3-1/h1-6,9-10H,7-8H2/b2-1-,5-3-,6-4+,10-9?. The molecule has 0 heterocycles. The molecule has 0 heteroatoms. The topological polar surface area (TPSA) is 0 Å².